The second-order valence-corrected chi connectivity index (χ2v) is 6.26. The van der Waals surface area contributed by atoms with Crippen LogP contribution >= 0.6 is 0 Å². The molecule has 7 nitrogen and oxygen atoms in total. The van der Waals surface area contributed by atoms with E-state index in [0.717, 1.165) is 44.8 Å². The Balaban J connectivity index is 1.52. The third kappa shape index (κ3) is 5.24. The fourth-order valence-corrected chi connectivity index (χ4v) is 2.86. The summed E-state index contributed by atoms with van der Waals surface area (Å²) in [6.07, 6.45) is 0.870. The van der Waals surface area contributed by atoms with Crippen LogP contribution in [0, 0.1) is 0 Å². The van der Waals surface area contributed by atoms with Crippen LogP contribution in [0.4, 0.5) is 0 Å². The summed E-state index contributed by atoms with van der Waals surface area (Å²) in [5.41, 5.74) is 0.995. The number of morpholine rings is 1. The van der Waals surface area contributed by atoms with Gasteiger partial charge >= 0.3 is 0 Å². The molecule has 2 heterocycles. The number of nitrogens with one attached hydrogen (secondary N) is 1. The van der Waals surface area contributed by atoms with Gasteiger partial charge in [0.05, 0.1) is 19.8 Å². The molecule has 0 radical (unpaired) electrons. The summed E-state index contributed by atoms with van der Waals surface area (Å²) < 4.78 is 6.64. The van der Waals surface area contributed by atoms with Crippen LogP contribution in [0.3, 0.4) is 0 Å². The molecule has 1 N–H and O–H groups in total. The number of rotatable bonds is 7. The number of hydrogen-bond donors (Lipinski definition) is 1. The van der Waals surface area contributed by atoms with Gasteiger partial charge in [0, 0.05) is 25.7 Å². The van der Waals surface area contributed by atoms with E-state index in [4.69, 9.17) is 4.74 Å². The minimum atomic E-state index is -0.256. The van der Waals surface area contributed by atoms with Crippen LogP contribution in [-0.4, -0.2) is 60.0 Å². The Hall–Kier alpha value is -2.51. The first-order valence-corrected chi connectivity index (χ1v) is 8.93. The van der Waals surface area contributed by atoms with Gasteiger partial charge in [0.2, 0.25) is 0 Å². The van der Waals surface area contributed by atoms with Crippen molar-refractivity contribution in [1.82, 2.24) is 20.0 Å². The lowest BCUT2D eigenvalue weighted by Gasteiger charge is -2.26. The third-order valence-corrected chi connectivity index (χ3v) is 4.31. The topological polar surface area (TPSA) is 76.5 Å². The van der Waals surface area contributed by atoms with Crippen molar-refractivity contribution in [3.63, 3.8) is 0 Å². The Kier molecular flexibility index (Phi) is 6.51. The summed E-state index contributed by atoms with van der Waals surface area (Å²) in [6, 6.07) is 12.4. The van der Waals surface area contributed by atoms with Gasteiger partial charge in [-0.3, -0.25) is 14.5 Å². The van der Waals surface area contributed by atoms with Gasteiger partial charge in [-0.1, -0.05) is 30.3 Å². The predicted molar refractivity (Wildman–Crippen MR) is 98.3 cm³/mol. The number of carbonyl (C=O) groups excluding carboxylic acids is 1. The van der Waals surface area contributed by atoms with Gasteiger partial charge in [-0.15, -0.1) is 0 Å². The molecular weight excluding hydrogens is 332 g/mol. The lowest BCUT2D eigenvalue weighted by atomic mass is 10.2. The number of amides is 1. The number of benzene rings is 1. The molecule has 1 aliphatic rings. The molecule has 0 atom stereocenters. The molecule has 138 valence electrons. The maximum atomic E-state index is 12.3. The highest BCUT2D eigenvalue weighted by Gasteiger charge is 2.11. The number of nitrogens with zero attached hydrogens (tertiary/aromatic N) is 3. The molecule has 1 fully saturated rings. The van der Waals surface area contributed by atoms with Crippen molar-refractivity contribution in [1.29, 1.82) is 0 Å². The van der Waals surface area contributed by atoms with Gasteiger partial charge in [-0.05, 0) is 24.6 Å². The van der Waals surface area contributed by atoms with Crippen LogP contribution in [0.1, 0.15) is 22.5 Å². The normalized spacial score (nSPS) is 14.9. The van der Waals surface area contributed by atoms with E-state index in [1.807, 2.05) is 30.3 Å². The van der Waals surface area contributed by atoms with E-state index in [1.165, 1.54) is 16.8 Å². The summed E-state index contributed by atoms with van der Waals surface area (Å²) in [7, 11) is 0. The predicted octanol–water partition coefficient (Wildman–Crippen LogP) is 0.744. The molecule has 1 amide bonds. The van der Waals surface area contributed by atoms with Crippen molar-refractivity contribution in [3.05, 3.63) is 64.1 Å². The van der Waals surface area contributed by atoms with Crippen molar-refractivity contribution in [2.75, 3.05) is 39.4 Å². The number of ether oxygens (including phenoxy) is 1. The minimum Gasteiger partial charge on any atom is -0.379 e. The van der Waals surface area contributed by atoms with E-state index in [-0.39, 0.29) is 17.2 Å². The zero-order valence-electron chi connectivity index (χ0n) is 14.8. The molecule has 7 heteroatoms. The highest BCUT2D eigenvalue weighted by Crippen LogP contribution is 2.01. The van der Waals surface area contributed by atoms with E-state index in [1.54, 1.807) is 0 Å². The molecule has 1 aromatic carbocycles. The highest BCUT2D eigenvalue weighted by molar-refractivity contribution is 5.91. The Morgan fingerprint density at radius 1 is 1.12 bits per heavy atom. The SMILES string of the molecule is O=C(NCCCN1CCOCC1)c1ccc(=O)n(Cc2ccccc2)n1. The van der Waals surface area contributed by atoms with E-state index < -0.39 is 0 Å². The van der Waals surface area contributed by atoms with Crippen molar-refractivity contribution in [3.8, 4) is 0 Å². The van der Waals surface area contributed by atoms with Crippen molar-refractivity contribution in [2.24, 2.45) is 0 Å². The van der Waals surface area contributed by atoms with E-state index >= 15 is 0 Å². The molecule has 3 rings (SSSR count). The lowest BCUT2D eigenvalue weighted by Crippen LogP contribution is -2.38. The largest absolute Gasteiger partial charge is 0.379 e. The molecule has 0 saturated carbocycles. The van der Waals surface area contributed by atoms with Crippen LogP contribution in [0.2, 0.25) is 0 Å². The Morgan fingerprint density at radius 2 is 1.88 bits per heavy atom. The molecule has 0 spiro atoms. The molecule has 0 unspecified atom stereocenters. The fraction of sp³-hybridized carbons (Fsp3) is 0.421. The summed E-state index contributed by atoms with van der Waals surface area (Å²) >= 11 is 0. The van der Waals surface area contributed by atoms with Crippen molar-refractivity contribution >= 4 is 5.91 Å². The van der Waals surface area contributed by atoms with E-state index in [2.05, 4.69) is 15.3 Å². The number of carbonyl (C=O) groups is 1. The van der Waals surface area contributed by atoms with E-state index in [0.29, 0.717) is 13.1 Å². The fourth-order valence-electron chi connectivity index (χ4n) is 2.86. The Labute approximate surface area is 152 Å². The summed E-state index contributed by atoms with van der Waals surface area (Å²) in [4.78, 5) is 26.6. The second kappa shape index (κ2) is 9.26. The van der Waals surface area contributed by atoms with Gasteiger partial charge in [-0.2, -0.15) is 5.10 Å². The summed E-state index contributed by atoms with van der Waals surface area (Å²) in [6.45, 7) is 5.30. The van der Waals surface area contributed by atoms with Crippen LogP contribution in [0.5, 0.6) is 0 Å². The molecule has 26 heavy (non-hydrogen) atoms. The average molecular weight is 356 g/mol. The van der Waals surface area contributed by atoms with Gasteiger partial charge in [0.15, 0.2) is 0 Å². The summed E-state index contributed by atoms with van der Waals surface area (Å²) in [5.74, 6) is -0.256. The third-order valence-electron chi connectivity index (χ3n) is 4.31. The van der Waals surface area contributed by atoms with Crippen molar-refractivity contribution in [2.45, 2.75) is 13.0 Å². The molecule has 1 aliphatic heterocycles. The minimum absolute atomic E-state index is 0.224. The Bertz CT molecular complexity index is 770. The van der Waals surface area contributed by atoms with Crippen LogP contribution in [0.25, 0.3) is 0 Å². The first-order valence-electron chi connectivity index (χ1n) is 8.93. The highest BCUT2D eigenvalue weighted by atomic mass is 16.5. The second-order valence-electron chi connectivity index (χ2n) is 6.26. The zero-order chi connectivity index (χ0) is 18.2. The van der Waals surface area contributed by atoms with Crippen LogP contribution in [0.15, 0.2) is 47.3 Å². The van der Waals surface area contributed by atoms with Crippen LogP contribution in [-0.2, 0) is 11.3 Å². The van der Waals surface area contributed by atoms with E-state index in [9.17, 15) is 9.59 Å². The van der Waals surface area contributed by atoms with Gasteiger partial charge in [-0.25, -0.2) is 4.68 Å². The van der Waals surface area contributed by atoms with Crippen LogP contribution < -0.4 is 10.9 Å². The molecular formula is C19H24N4O3. The standard InChI is InChI=1S/C19H24N4O3/c24-18-8-7-17(21-23(18)15-16-5-2-1-3-6-16)19(25)20-9-4-10-22-11-13-26-14-12-22/h1-3,5-8H,4,9-15H2,(H,20,25). The molecule has 2 aromatic rings. The number of aromatic nitrogens is 2. The zero-order valence-corrected chi connectivity index (χ0v) is 14.8. The maximum absolute atomic E-state index is 12.3. The molecule has 0 aliphatic carbocycles. The average Bonchev–Trinajstić information content (AvgIpc) is 2.68. The molecule has 1 saturated heterocycles. The monoisotopic (exact) mass is 356 g/mol. The number of hydrogen-bond acceptors (Lipinski definition) is 5. The lowest BCUT2D eigenvalue weighted by molar-refractivity contribution is 0.0374. The molecule has 0 bridgehead atoms. The maximum Gasteiger partial charge on any atom is 0.271 e. The van der Waals surface area contributed by atoms with Crippen molar-refractivity contribution < 1.29 is 9.53 Å². The van der Waals surface area contributed by atoms with Gasteiger partial charge in [0.1, 0.15) is 5.69 Å². The first kappa shape index (κ1) is 18.3. The Morgan fingerprint density at radius 3 is 2.65 bits per heavy atom. The first-order chi connectivity index (χ1) is 12.7. The molecule has 1 aromatic heterocycles. The van der Waals surface area contributed by atoms with Gasteiger partial charge in [0.25, 0.3) is 11.5 Å². The quantitative estimate of drug-likeness (QED) is 0.741. The smallest absolute Gasteiger partial charge is 0.271 e. The van der Waals surface area contributed by atoms with Gasteiger partial charge < -0.3 is 10.1 Å². The summed E-state index contributed by atoms with van der Waals surface area (Å²) in [5, 5.41) is 7.08.